The largest absolute Gasteiger partial charge is 0.497 e. The van der Waals surface area contributed by atoms with E-state index >= 15 is 0 Å². The molecule has 0 bridgehead atoms. The Labute approximate surface area is 183 Å². The van der Waals surface area contributed by atoms with Crippen molar-refractivity contribution in [1.29, 1.82) is 0 Å². The average molecular weight is 443 g/mol. The third-order valence-electron chi connectivity index (χ3n) is 4.62. The van der Waals surface area contributed by atoms with Gasteiger partial charge in [0.15, 0.2) is 0 Å². The SMILES string of the molecule is COc1ccc(OCCSCC(=O)N2N=C(c3cccs3)CC2c2ccco2)cc1. The summed E-state index contributed by atoms with van der Waals surface area (Å²) >= 11 is 3.16. The zero-order chi connectivity index (χ0) is 20.8. The van der Waals surface area contributed by atoms with E-state index in [1.807, 2.05) is 53.9 Å². The summed E-state index contributed by atoms with van der Waals surface area (Å²) in [5.41, 5.74) is 0.924. The Morgan fingerprint density at radius 2 is 2.07 bits per heavy atom. The first-order valence-corrected chi connectivity index (χ1v) is 11.6. The number of carbonyl (C=O) groups excluding carboxylic acids is 1. The first-order chi connectivity index (χ1) is 14.7. The molecular formula is C22H22N2O4S2. The summed E-state index contributed by atoms with van der Waals surface area (Å²) in [6.45, 7) is 0.523. The Kier molecular flexibility index (Phi) is 6.76. The molecule has 1 unspecified atom stereocenters. The Bertz CT molecular complexity index is 969. The summed E-state index contributed by atoms with van der Waals surface area (Å²) in [7, 11) is 1.63. The van der Waals surface area contributed by atoms with Crippen molar-refractivity contribution in [3.05, 3.63) is 70.8 Å². The number of hydrogen-bond acceptors (Lipinski definition) is 7. The predicted octanol–water partition coefficient (Wildman–Crippen LogP) is 4.84. The Morgan fingerprint density at radius 3 is 2.77 bits per heavy atom. The minimum absolute atomic E-state index is 0.0302. The van der Waals surface area contributed by atoms with Crippen LogP contribution in [-0.4, -0.2) is 41.9 Å². The molecular weight excluding hydrogens is 420 g/mol. The number of amides is 1. The fraction of sp³-hybridized carbons (Fsp3) is 0.273. The molecule has 0 spiro atoms. The number of hydrazone groups is 1. The molecule has 0 aliphatic carbocycles. The summed E-state index contributed by atoms with van der Waals surface area (Å²) in [6, 6.07) is 15.0. The molecule has 1 aliphatic rings. The minimum atomic E-state index is -0.194. The second-order valence-corrected chi connectivity index (χ2v) is 8.63. The number of rotatable bonds is 9. The number of hydrogen-bond donors (Lipinski definition) is 0. The normalized spacial score (nSPS) is 15.8. The van der Waals surface area contributed by atoms with Gasteiger partial charge in [-0.2, -0.15) is 5.10 Å². The Balaban J connectivity index is 1.30. The average Bonchev–Trinajstić information content (AvgIpc) is 3.54. The van der Waals surface area contributed by atoms with Crippen LogP contribution < -0.4 is 9.47 Å². The number of thiophene rings is 1. The number of ether oxygens (including phenoxy) is 2. The van der Waals surface area contributed by atoms with Crippen LogP contribution >= 0.6 is 23.1 Å². The molecule has 8 heteroatoms. The molecule has 3 aromatic rings. The summed E-state index contributed by atoms with van der Waals surface area (Å²) in [6.07, 6.45) is 2.29. The van der Waals surface area contributed by atoms with Gasteiger partial charge in [0.25, 0.3) is 5.91 Å². The van der Waals surface area contributed by atoms with Crippen LogP contribution in [0, 0.1) is 0 Å². The molecule has 0 saturated carbocycles. The molecule has 30 heavy (non-hydrogen) atoms. The van der Waals surface area contributed by atoms with Crippen LogP contribution in [0.5, 0.6) is 11.5 Å². The molecule has 1 aromatic carbocycles. The lowest BCUT2D eigenvalue weighted by Gasteiger charge is -2.19. The monoisotopic (exact) mass is 442 g/mol. The van der Waals surface area contributed by atoms with E-state index in [0.29, 0.717) is 24.5 Å². The van der Waals surface area contributed by atoms with Crippen molar-refractivity contribution in [3.63, 3.8) is 0 Å². The highest BCUT2D eigenvalue weighted by molar-refractivity contribution is 7.99. The third kappa shape index (κ3) is 4.88. The molecule has 0 saturated heterocycles. The van der Waals surface area contributed by atoms with E-state index in [1.54, 1.807) is 29.7 Å². The first-order valence-electron chi connectivity index (χ1n) is 9.56. The van der Waals surface area contributed by atoms with Crippen LogP contribution in [0.2, 0.25) is 0 Å². The molecule has 1 atom stereocenters. The number of benzene rings is 1. The highest BCUT2D eigenvalue weighted by atomic mass is 32.2. The molecule has 0 fully saturated rings. The lowest BCUT2D eigenvalue weighted by Crippen LogP contribution is -2.28. The van der Waals surface area contributed by atoms with Gasteiger partial charge in [-0.15, -0.1) is 23.1 Å². The van der Waals surface area contributed by atoms with Crippen molar-refractivity contribution in [1.82, 2.24) is 5.01 Å². The number of nitrogens with zero attached hydrogens (tertiary/aromatic N) is 2. The fourth-order valence-electron chi connectivity index (χ4n) is 3.15. The second kappa shape index (κ2) is 9.86. The van der Waals surface area contributed by atoms with Crippen molar-refractivity contribution in [3.8, 4) is 11.5 Å². The highest BCUT2D eigenvalue weighted by Crippen LogP contribution is 2.34. The quantitative estimate of drug-likeness (QED) is 0.444. The molecule has 156 valence electrons. The summed E-state index contributed by atoms with van der Waals surface area (Å²) in [5.74, 6) is 3.35. The maximum Gasteiger partial charge on any atom is 0.253 e. The molecule has 2 aromatic heterocycles. The third-order valence-corrected chi connectivity index (χ3v) is 6.45. The maximum atomic E-state index is 12.9. The van der Waals surface area contributed by atoms with Gasteiger partial charge in [0, 0.05) is 12.2 Å². The van der Waals surface area contributed by atoms with Crippen LogP contribution in [-0.2, 0) is 4.79 Å². The van der Waals surface area contributed by atoms with Crippen molar-refractivity contribution < 1.29 is 18.7 Å². The van der Waals surface area contributed by atoms with E-state index < -0.39 is 0 Å². The van der Waals surface area contributed by atoms with Crippen molar-refractivity contribution in [2.75, 3.05) is 25.2 Å². The van der Waals surface area contributed by atoms with Gasteiger partial charge in [0.1, 0.15) is 23.3 Å². The molecule has 0 radical (unpaired) electrons. The molecule has 1 aliphatic heterocycles. The molecule has 1 amide bonds. The van der Waals surface area contributed by atoms with Gasteiger partial charge in [-0.05, 0) is 47.8 Å². The molecule has 0 N–H and O–H groups in total. The number of thioether (sulfide) groups is 1. The van der Waals surface area contributed by atoms with Crippen LogP contribution in [0.1, 0.15) is 23.1 Å². The van der Waals surface area contributed by atoms with Gasteiger partial charge >= 0.3 is 0 Å². The van der Waals surface area contributed by atoms with E-state index in [-0.39, 0.29) is 11.9 Å². The highest BCUT2D eigenvalue weighted by Gasteiger charge is 2.34. The van der Waals surface area contributed by atoms with Gasteiger partial charge in [-0.25, -0.2) is 5.01 Å². The minimum Gasteiger partial charge on any atom is -0.497 e. The van der Waals surface area contributed by atoms with Gasteiger partial charge in [-0.1, -0.05) is 6.07 Å². The molecule has 6 nitrogen and oxygen atoms in total. The van der Waals surface area contributed by atoms with Crippen molar-refractivity contribution in [2.45, 2.75) is 12.5 Å². The lowest BCUT2D eigenvalue weighted by atomic mass is 10.1. The van der Waals surface area contributed by atoms with E-state index in [0.717, 1.165) is 27.8 Å². The Hall–Kier alpha value is -2.71. The fourth-order valence-corrected chi connectivity index (χ4v) is 4.52. The molecule has 3 heterocycles. The smallest absolute Gasteiger partial charge is 0.253 e. The van der Waals surface area contributed by atoms with Crippen LogP contribution in [0.25, 0.3) is 0 Å². The zero-order valence-corrected chi connectivity index (χ0v) is 18.2. The van der Waals surface area contributed by atoms with Gasteiger partial charge in [-0.3, -0.25) is 4.79 Å². The number of carbonyl (C=O) groups is 1. The molecule has 4 rings (SSSR count). The standard InChI is InChI=1S/C22H22N2O4S2/c1-26-16-6-8-17(9-7-16)27-11-13-29-15-22(25)24-19(20-4-2-10-28-20)14-18(23-24)21-5-3-12-30-21/h2-10,12,19H,11,13-15H2,1H3. The summed E-state index contributed by atoms with van der Waals surface area (Å²) in [5, 5.41) is 8.22. The predicted molar refractivity (Wildman–Crippen MR) is 120 cm³/mol. The summed E-state index contributed by atoms with van der Waals surface area (Å²) in [4.78, 5) is 14.0. The van der Waals surface area contributed by atoms with E-state index in [1.165, 1.54) is 11.8 Å². The number of furan rings is 1. The second-order valence-electron chi connectivity index (χ2n) is 6.57. The van der Waals surface area contributed by atoms with E-state index in [9.17, 15) is 4.79 Å². The number of methoxy groups -OCH3 is 1. The van der Waals surface area contributed by atoms with Crippen LogP contribution in [0.4, 0.5) is 0 Å². The summed E-state index contributed by atoms with van der Waals surface area (Å²) < 4.78 is 16.4. The van der Waals surface area contributed by atoms with Crippen LogP contribution in [0.15, 0.2) is 69.7 Å². The topological polar surface area (TPSA) is 64.3 Å². The first kappa shape index (κ1) is 20.6. The van der Waals surface area contributed by atoms with Gasteiger partial charge in [0.2, 0.25) is 0 Å². The maximum absolute atomic E-state index is 12.9. The Morgan fingerprint density at radius 1 is 1.23 bits per heavy atom. The van der Waals surface area contributed by atoms with Gasteiger partial charge in [0.05, 0.1) is 36.3 Å². The zero-order valence-electron chi connectivity index (χ0n) is 16.5. The van der Waals surface area contributed by atoms with Crippen molar-refractivity contribution in [2.24, 2.45) is 5.10 Å². The van der Waals surface area contributed by atoms with Crippen LogP contribution in [0.3, 0.4) is 0 Å². The van der Waals surface area contributed by atoms with Gasteiger partial charge < -0.3 is 13.9 Å². The van der Waals surface area contributed by atoms with Crippen molar-refractivity contribution >= 4 is 34.7 Å². The lowest BCUT2D eigenvalue weighted by molar-refractivity contribution is -0.130. The van der Waals surface area contributed by atoms with E-state index in [4.69, 9.17) is 13.9 Å². The van der Waals surface area contributed by atoms with E-state index in [2.05, 4.69) is 5.10 Å².